The molecular formula is C25H30N4O2. The van der Waals surface area contributed by atoms with Gasteiger partial charge >= 0.3 is 0 Å². The molecule has 1 aromatic heterocycles. The summed E-state index contributed by atoms with van der Waals surface area (Å²) in [4.78, 5) is 29.6. The molecule has 0 bridgehead atoms. The molecule has 6 heteroatoms. The third-order valence-electron chi connectivity index (χ3n) is 6.26. The minimum Gasteiger partial charge on any atom is -0.371 e. The van der Waals surface area contributed by atoms with E-state index in [1.807, 2.05) is 35.0 Å². The predicted molar refractivity (Wildman–Crippen MR) is 125 cm³/mol. The van der Waals surface area contributed by atoms with Gasteiger partial charge in [0.15, 0.2) is 0 Å². The van der Waals surface area contributed by atoms with E-state index in [0.717, 1.165) is 36.0 Å². The fourth-order valence-corrected chi connectivity index (χ4v) is 4.19. The minimum atomic E-state index is -0.112. The summed E-state index contributed by atoms with van der Waals surface area (Å²) in [6, 6.07) is 16.2. The highest BCUT2D eigenvalue weighted by molar-refractivity contribution is 5.85. The van der Waals surface area contributed by atoms with Crippen molar-refractivity contribution in [3.05, 3.63) is 70.6 Å². The Morgan fingerprint density at radius 1 is 1.16 bits per heavy atom. The highest BCUT2D eigenvalue weighted by Gasteiger charge is 2.26. The molecule has 1 aliphatic rings. The second kappa shape index (κ2) is 8.92. The second-order valence-electron chi connectivity index (χ2n) is 8.70. The Bertz CT molecular complexity index is 1140. The summed E-state index contributed by atoms with van der Waals surface area (Å²) < 4.78 is 1.55. The Morgan fingerprint density at radius 3 is 2.68 bits per heavy atom. The van der Waals surface area contributed by atoms with Gasteiger partial charge in [0, 0.05) is 32.2 Å². The first kappa shape index (κ1) is 21.1. The molecule has 1 fully saturated rings. The number of nitrogens with zero attached hydrogens (tertiary/aromatic N) is 4. The molecule has 0 spiro atoms. The van der Waals surface area contributed by atoms with Gasteiger partial charge in [-0.3, -0.25) is 9.59 Å². The fraction of sp³-hybridized carbons (Fsp3) is 0.400. The number of carbonyl (C=O) groups excluding carboxylic acids is 1. The standard InChI is InChI=1S/C25H30N4O2/c1-18(2)27(3)23-15-25(31)29(26-16-23)22-9-6-12-28(17-22)24(30)14-19-10-11-20-7-4-5-8-21(20)13-19/h4-5,7-8,10-11,13,15-16,18,22H,6,9,12,14,17H2,1-3H3. The first-order valence-corrected chi connectivity index (χ1v) is 11.0. The zero-order valence-electron chi connectivity index (χ0n) is 18.5. The summed E-state index contributed by atoms with van der Waals surface area (Å²) in [6.45, 7) is 5.40. The predicted octanol–water partition coefficient (Wildman–Crippen LogP) is 3.65. The summed E-state index contributed by atoms with van der Waals surface area (Å²) in [5.74, 6) is 0.101. The Kier molecular flexibility index (Phi) is 6.07. The molecular weight excluding hydrogens is 388 g/mol. The normalized spacial score (nSPS) is 16.6. The van der Waals surface area contributed by atoms with Gasteiger partial charge in [0.25, 0.3) is 5.56 Å². The molecule has 3 aromatic rings. The lowest BCUT2D eigenvalue weighted by atomic mass is 10.0. The number of benzene rings is 2. The number of aromatic nitrogens is 2. The summed E-state index contributed by atoms with van der Waals surface area (Å²) >= 11 is 0. The SMILES string of the molecule is CC(C)N(C)c1cnn(C2CCCN(C(=O)Cc3ccc4ccccc4c3)C2)c(=O)c1. The largest absolute Gasteiger partial charge is 0.371 e. The van der Waals surface area contributed by atoms with Crippen LogP contribution in [0.5, 0.6) is 0 Å². The van der Waals surface area contributed by atoms with Crippen molar-refractivity contribution in [2.45, 2.75) is 45.2 Å². The Balaban J connectivity index is 1.46. The lowest BCUT2D eigenvalue weighted by Gasteiger charge is -2.33. The number of anilines is 1. The third-order valence-corrected chi connectivity index (χ3v) is 6.26. The maximum Gasteiger partial charge on any atom is 0.269 e. The Morgan fingerprint density at radius 2 is 1.94 bits per heavy atom. The number of hydrogen-bond acceptors (Lipinski definition) is 4. The summed E-state index contributed by atoms with van der Waals surface area (Å²) in [5.41, 5.74) is 1.72. The van der Waals surface area contributed by atoms with Crippen molar-refractivity contribution in [3.8, 4) is 0 Å². The van der Waals surface area contributed by atoms with Gasteiger partial charge in [-0.25, -0.2) is 4.68 Å². The van der Waals surface area contributed by atoms with Gasteiger partial charge in [-0.05, 0) is 43.0 Å². The molecule has 4 rings (SSSR count). The van der Waals surface area contributed by atoms with Crippen molar-refractivity contribution in [2.75, 3.05) is 25.0 Å². The van der Waals surface area contributed by atoms with E-state index in [9.17, 15) is 9.59 Å². The highest BCUT2D eigenvalue weighted by Crippen LogP contribution is 2.22. The maximum atomic E-state index is 13.0. The lowest BCUT2D eigenvalue weighted by Crippen LogP contribution is -2.44. The van der Waals surface area contributed by atoms with Crippen LogP contribution in [0.3, 0.4) is 0 Å². The molecule has 31 heavy (non-hydrogen) atoms. The van der Waals surface area contributed by atoms with E-state index in [2.05, 4.69) is 43.2 Å². The molecule has 6 nitrogen and oxygen atoms in total. The van der Waals surface area contributed by atoms with E-state index in [1.165, 1.54) is 5.39 Å². The van der Waals surface area contributed by atoms with Crippen molar-refractivity contribution in [1.82, 2.24) is 14.7 Å². The summed E-state index contributed by atoms with van der Waals surface area (Å²) in [5, 5.41) is 6.76. The smallest absolute Gasteiger partial charge is 0.269 e. The first-order chi connectivity index (χ1) is 14.9. The van der Waals surface area contributed by atoms with Gasteiger partial charge in [-0.1, -0.05) is 42.5 Å². The van der Waals surface area contributed by atoms with E-state index in [0.29, 0.717) is 13.0 Å². The van der Waals surface area contributed by atoms with Gasteiger partial charge in [0.05, 0.1) is 24.3 Å². The molecule has 2 aromatic carbocycles. The van der Waals surface area contributed by atoms with Crippen molar-refractivity contribution < 1.29 is 4.79 Å². The quantitative estimate of drug-likeness (QED) is 0.635. The van der Waals surface area contributed by atoms with Crippen LogP contribution in [-0.4, -0.2) is 46.8 Å². The van der Waals surface area contributed by atoms with Crippen LogP contribution in [0.15, 0.2) is 59.5 Å². The van der Waals surface area contributed by atoms with Gasteiger partial charge in [-0.2, -0.15) is 5.10 Å². The average molecular weight is 419 g/mol. The van der Waals surface area contributed by atoms with Crippen LogP contribution in [0.25, 0.3) is 10.8 Å². The second-order valence-corrected chi connectivity index (χ2v) is 8.70. The van der Waals surface area contributed by atoms with Crippen LogP contribution < -0.4 is 10.5 Å². The Hall–Kier alpha value is -3.15. The monoisotopic (exact) mass is 418 g/mol. The number of piperidine rings is 1. The average Bonchev–Trinajstić information content (AvgIpc) is 2.78. The van der Waals surface area contributed by atoms with E-state index >= 15 is 0 Å². The zero-order valence-corrected chi connectivity index (χ0v) is 18.5. The molecule has 0 N–H and O–H groups in total. The first-order valence-electron chi connectivity index (χ1n) is 11.0. The van der Waals surface area contributed by atoms with Crippen LogP contribution in [0.4, 0.5) is 5.69 Å². The van der Waals surface area contributed by atoms with E-state index in [-0.39, 0.29) is 23.6 Å². The molecule has 2 heterocycles. The third kappa shape index (κ3) is 4.63. The van der Waals surface area contributed by atoms with Crippen LogP contribution in [0.1, 0.15) is 38.3 Å². The van der Waals surface area contributed by atoms with Crippen molar-refractivity contribution in [2.24, 2.45) is 0 Å². The van der Waals surface area contributed by atoms with Crippen molar-refractivity contribution in [1.29, 1.82) is 0 Å². The number of hydrogen-bond donors (Lipinski definition) is 0. The topological polar surface area (TPSA) is 58.4 Å². The summed E-state index contributed by atoms with van der Waals surface area (Å²) in [7, 11) is 1.96. The molecule has 1 atom stereocenters. The van der Waals surface area contributed by atoms with Crippen LogP contribution in [0, 0.1) is 0 Å². The van der Waals surface area contributed by atoms with E-state index < -0.39 is 0 Å². The van der Waals surface area contributed by atoms with Gasteiger partial charge in [-0.15, -0.1) is 0 Å². The van der Waals surface area contributed by atoms with Crippen molar-refractivity contribution in [3.63, 3.8) is 0 Å². The molecule has 0 saturated carbocycles. The van der Waals surface area contributed by atoms with Crippen LogP contribution in [-0.2, 0) is 11.2 Å². The molecule has 1 amide bonds. The molecule has 1 aliphatic heterocycles. The summed E-state index contributed by atoms with van der Waals surface area (Å²) in [6.07, 6.45) is 3.84. The maximum absolute atomic E-state index is 13.0. The fourth-order valence-electron chi connectivity index (χ4n) is 4.19. The number of fused-ring (bicyclic) bond motifs is 1. The molecule has 1 saturated heterocycles. The van der Waals surface area contributed by atoms with Gasteiger partial charge < -0.3 is 9.80 Å². The van der Waals surface area contributed by atoms with Crippen LogP contribution in [0.2, 0.25) is 0 Å². The molecule has 0 aliphatic carbocycles. The van der Waals surface area contributed by atoms with Gasteiger partial charge in [0.1, 0.15) is 0 Å². The zero-order chi connectivity index (χ0) is 22.0. The number of likely N-dealkylation sites (tertiary alicyclic amines) is 1. The lowest BCUT2D eigenvalue weighted by molar-refractivity contribution is -0.132. The molecule has 0 radical (unpaired) electrons. The number of carbonyl (C=O) groups is 1. The van der Waals surface area contributed by atoms with Crippen LogP contribution >= 0.6 is 0 Å². The molecule has 1 unspecified atom stereocenters. The van der Waals surface area contributed by atoms with E-state index in [4.69, 9.17) is 0 Å². The van der Waals surface area contributed by atoms with Gasteiger partial charge in [0.2, 0.25) is 5.91 Å². The molecule has 162 valence electrons. The number of amides is 1. The highest BCUT2D eigenvalue weighted by atomic mass is 16.2. The Labute approximate surface area is 183 Å². The minimum absolute atomic E-state index is 0.0831. The van der Waals surface area contributed by atoms with E-state index in [1.54, 1.807) is 16.9 Å². The number of rotatable bonds is 5. The van der Waals surface area contributed by atoms with Crippen molar-refractivity contribution >= 4 is 22.4 Å².